The Labute approximate surface area is 317 Å². The predicted molar refractivity (Wildman–Crippen MR) is 215 cm³/mol. The van der Waals surface area contributed by atoms with Gasteiger partial charge in [-0.2, -0.15) is 0 Å². The number of anilines is 3. The minimum atomic E-state index is 0.170. The first-order valence-corrected chi connectivity index (χ1v) is 21.9. The number of hydrogen-bond donors (Lipinski definition) is 0. The smallest absolute Gasteiger partial charge is 0.0465 e. The molecule has 11 unspecified atom stereocenters. The molecular formula is C52H55N. The molecule has 268 valence electrons. The Morgan fingerprint density at radius 2 is 1.21 bits per heavy atom. The molecule has 10 aliphatic carbocycles. The topological polar surface area (TPSA) is 3.24 Å². The van der Waals surface area contributed by atoms with Crippen molar-refractivity contribution in [1.29, 1.82) is 0 Å². The molecule has 0 aromatic heterocycles. The molecule has 0 heterocycles. The Bertz CT molecular complexity index is 2330. The SMILES string of the molecule is CC1(C)CCC(C)(C)c2cc(N(c3ccc(C45CC6CC7CC(C4)C75C6)cc3)c3ccc4c(c3)C3(c5ccccc5-4)C4CC5CC6CC3C64C5)ccc21. The van der Waals surface area contributed by atoms with Gasteiger partial charge in [0.1, 0.15) is 0 Å². The van der Waals surface area contributed by atoms with Crippen LogP contribution in [0.1, 0.15) is 126 Å². The summed E-state index contributed by atoms with van der Waals surface area (Å²) in [6.45, 7) is 9.91. The lowest BCUT2D eigenvalue weighted by Crippen LogP contribution is -2.73. The first kappa shape index (κ1) is 30.0. The van der Waals surface area contributed by atoms with E-state index in [4.69, 9.17) is 0 Å². The van der Waals surface area contributed by atoms with Crippen LogP contribution >= 0.6 is 0 Å². The van der Waals surface area contributed by atoms with Crippen molar-refractivity contribution in [3.63, 3.8) is 0 Å². The van der Waals surface area contributed by atoms with E-state index < -0.39 is 0 Å². The summed E-state index contributed by atoms with van der Waals surface area (Å²) in [6.07, 6.45) is 16.0. The van der Waals surface area contributed by atoms with E-state index in [2.05, 4.69) is 118 Å². The summed E-state index contributed by atoms with van der Waals surface area (Å²) in [7, 11) is 0. The average Bonchev–Trinajstić information content (AvgIpc) is 3.92. The standard InChI is InChI=1S/C52H55N/c1-47(2)17-18-48(3,4)44-25-38(14-16-42(44)47)53(36-11-9-32(10-12-36)49-26-31-20-34-22-35(29-49)51(34,49)28-31)37-13-15-40-39-7-5-6-8-41(39)52(43(40)24-37)45-21-30-19-33-23-46(52)50(33,45)27-30/h5-16,24-25,30-31,33-35,45-46H,17-23,26-29H2,1-4H3. The van der Waals surface area contributed by atoms with Crippen molar-refractivity contribution in [3.05, 3.63) is 113 Å². The van der Waals surface area contributed by atoms with E-state index in [9.17, 15) is 0 Å². The van der Waals surface area contributed by atoms with Gasteiger partial charge in [0.15, 0.2) is 0 Å². The van der Waals surface area contributed by atoms with Crippen LogP contribution in [0.3, 0.4) is 0 Å². The number of benzene rings is 4. The van der Waals surface area contributed by atoms with Gasteiger partial charge in [0.2, 0.25) is 0 Å². The average molecular weight is 694 g/mol. The highest BCUT2D eigenvalue weighted by Crippen LogP contribution is 2.90. The molecule has 4 aromatic rings. The van der Waals surface area contributed by atoms with Crippen LogP contribution in [0.15, 0.2) is 84.9 Å². The van der Waals surface area contributed by atoms with Crippen molar-refractivity contribution in [2.45, 2.75) is 120 Å². The highest BCUT2D eigenvalue weighted by atomic mass is 15.1. The Morgan fingerprint density at radius 3 is 2.00 bits per heavy atom. The van der Waals surface area contributed by atoms with Gasteiger partial charge >= 0.3 is 0 Å². The maximum Gasteiger partial charge on any atom is 0.0465 e. The fourth-order valence-corrected chi connectivity index (χ4v) is 18.2. The quantitative estimate of drug-likeness (QED) is 0.206. The summed E-state index contributed by atoms with van der Waals surface area (Å²) in [4.78, 5) is 2.67. The Kier molecular flexibility index (Phi) is 5.02. The molecule has 0 aliphatic heterocycles. The molecule has 53 heavy (non-hydrogen) atoms. The number of hydrogen-bond acceptors (Lipinski definition) is 1. The Morgan fingerprint density at radius 1 is 0.509 bits per heavy atom. The van der Waals surface area contributed by atoms with Gasteiger partial charge in [-0.15, -0.1) is 0 Å². The maximum absolute atomic E-state index is 2.72. The summed E-state index contributed by atoms with van der Waals surface area (Å²) in [5.41, 5.74) is 17.6. The molecule has 14 rings (SSSR count). The van der Waals surface area contributed by atoms with Crippen molar-refractivity contribution >= 4 is 17.1 Å². The second kappa shape index (κ2) is 8.87. The normalized spacial score (nSPS) is 43.4. The van der Waals surface area contributed by atoms with E-state index >= 15 is 0 Å². The molecule has 1 nitrogen and oxygen atoms in total. The second-order valence-corrected chi connectivity index (χ2v) is 22.2. The van der Waals surface area contributed by atoms with E-state index in [1.165, 1.54) is 98.8 Å². The lowest BCUT2D eigenvalue weighted by molar-refractivity contribution is -0.231. The number of nitrogens with zero attached hydrogens (tertiary/aromatic N) is 1. The molecule has 11 atom stereocenters. The monoisotopic (exact) mass is 693 g/mol. The van der Waals surface area contributed by atoms with Gasteiger partial charge in [-0.05, 0) is 209 Å². The molecule has 8 saturated carbocycles. The van der Waals surface area contributed by atoms with Crippen LogP contribution in [0.4, 0.5) is 17.1 Å². The first-order valence-electron chi connectivity index (χ1n) is 21.9. The molecule has 4 aromatic carbocycles. The number of rotatable bonds is 4. The Balaban J connectivity index is 0.940. The first-order chi connectivity index (χ1) is 25.6. The van der Waals surface area contributed by atoms with Crippen LogP contribution in [0, 0.1) is 52.3 Å². The van der Waals surface area contributed by atoms with Crippen LogP contribution < -0.4 is 4.90 Å². The zero-order valence-corrected chi connectivity index (χ0v) is 32.3. The molecule has 4 bridgehead atoms. The molecule has 1 heteroatoms. The van der Waals surface area contributed by atoms with E-state index in [-0.39, 0.29) is 16.2 Å². The van der Waals surface area contributed by atoms with Crippen molar-refractivity contribution in [2.24, 2.45) is 52.3 Å². The van der Waals surface area contributed by atoms with Crippen molar-refractivity contribution in [2.75, 3.05) is 4.90 Å². The third kappa shape index (κ3) is 3.01. The van der Waals surface area contributed by atoms with Crippen LogP contribution in [-0.2, 0) is 21.7 Å². The van der Waals surface area contributed by atoms with Gasteiger partial charge in [-0.1, -0.05) is 76.2 Å². The van der Waals surface area contributed by atoms with Crippen LogP contribution in [-0.4, -0.2) is 0 Å². The molecule has 0 N–H and O–H groups in total. The molecule has 0 amide bonds. The molecule has 3 spiro atoms. The highest BCUT2D eigenvalue weighted by molar-refractivity contribution is 5.87. The summed E-state index contributed by atoms with van der Waals surface area (Å²) in [6, 6.07) is 35.2. The minimum Gasteiger partial charge on any atom is -0.310 e. The zero-order valence-electron chi connectivity index (χ0n) is 32.3. The fourth-order valence-electron chi connectivity index (χ4n) is 18.2. The summed E-state index contributed by atoms with van der Waals surface area (Å²) < 4.78 is 0. The van der Waals surface area contributed by atoms with Gasteiger partial charge in [0.05, 0.1) is 0 Å². The van der Waals surface area contributed by atoms with Crippen molar-refractivity contribution in [3.8, 4) is 11.1 Å². The minimum absolute atomic E-state index is 0.170. The van der Waals surface area contributed by atoms with Crippen LogP contribution in [0.5, 0.6) is 0 Å². The highest BCUT2D eigenvalue weighted by Gasteiger charge is 2.84. The largest absolute Gasteiger partial charge is 0.310 e. The van der Waals surface area contributed by atoms with Crippen LogP contribution in [0.2, 0.25) is 0 Å². The van der Waals surface area contributed by atoms with E-state index in [1.807, 2.05) is 0 Å². The third-order valence-electron chi connectivity index (χ3n) is 20.0. The van der Waals surface area contributed by atoms with Crippen LogP contribution in [0.25, 0.3) is 11.1 Å². The summed E-state index contributed by atoms with van der Waals surface area (Å²) in [5.74, 6) is 6.68. The maximum atomic E-state index is 2.72. The van der Waals surface area contributed by atoms with E-state index in [1.54, 1.807) is 27.8 Å². The van der Waals surface area contributed by atoms with E-state index in [0.717, 1.165) is 41.4 Å². The molecular weight excluding hydrogens is 639 g/mol. The molecule has 10 aliphatic rings. The lowest BCUT2D eigenvalue weighted by atomic mass is 9.27. The Hall–Kier alpha value is -3.32. The van der Waals surface area contributed by atoms with Gasteiger partial charge in [-0.25, -0.2) is 0 Å². The molecule has 0 saturated heterocycles. The van der Waals surface area contributed by atoms with E-state index in [0.29, 0.717) is 16.2 Å². The lowest BCUT2D eigenvalue weighted by Gasteiger charge is -2.76. The van der Waals surface area contributed by atoms with Gasteiger partial charge in [-0.3, -0.25) is 0 Å². The summed E-state index contributed by atoms with van der Waals surface area (Å²) >= 11 is 0. The van der Waals surface area contributed by atoms with Crippen molar-refractivity contribution < 1.29 is 0 Å². The second-order valence-electron chi connectivity index (χ2n) is 22.2. The van der Waals surface area contributed by atoms with Crippen molar-refractivity contribution in [1.82, 2.24) is 0 Å². The third-order valence-corrected chi connectivity index (χ3v) is 20.0. The number of fused-ring (bicyclic) bond motifs is 10. The van der Waals surface area contributed by atoms with Gasteiger partial charge in [0.25, 0.3) is 0 Å². The fraction of sp³-hybridized carbons (Fsp3) is 0.538. The molecule has 0 radical (unpaired) electrons. The molecule has 8 fully saturated rings. The van der Waals surface area contributed by atoms with Gasteiger partial charge in [0, 0.05) is 27.9 Å². The summed E-state index contributed by atoms with van der Waals surface area (Å²) in [5, 5.41) is 0. The zero-order chi connectivity index (χ0) is 35.1. The predicted octanol–water partition coefficient (Wildman–Crippen LogP) is 12.9. The van der Waals surface area contributed by atoms with Gasteiger partial charge < -0.3 is 4.90 Å².